The lowest BCUT2D eigenvalue weighted by Crippen LogP contribution is -2.48. The molecule has 116 valence electrons. The van der Waals surface area contributed by atoms with Crippen LogP contribution in [-0.4, -0.2) is 56.7 Å². The summed E-state index contributed by atoms with van der Waals surface area (Å²) in [4.78, 5) is 15.6. The average Bonchev–Trinajstić information content (AvgIpc) is 2.53. The molecule has 0 aromatic heterocycles. The Morgan fingerprint density at radius 1 is 1.29 bits per heavy atom. The van der Waals surface area contributed by atoms with Crippen molar-refractivity contribution >= 4 is 11.6 Å². The summed E-state index contributed by atoms with van der Waals surface area (Å²) in [5, 5.41) is 0. The molecule has 1 aromatic carbocycles. The van der Waals surface area contributed by atoms with Crippen LogP contribution in [0.2, 0.25) is 0 Å². The molecule has 0 saturated carbocycles. The van der Waals surface area contributed by atoms with E-state index in [1.54, 1.807) is 7.11 Å². The maximum Gasteiger partial charge on any atom is 0.234 e. The summed E-state index contributed by atoms with van der Waals surface area (Å²) in [5.74, 6) is 0.476. The molecule has 1 aromatic rings. The number of primary amides is 1. The summed E-state index contributed by atoms with van der Waals surface area (Å²) in [6, 6.07) is 7.52. The Kier molecular flexibility index (Phi) is 5.41. The summed E-state index contributed by atoms with van der Waals surface area (Å²) in [6.07, 6.45) is 0.615. The Labute approximate surface area is 125 Å². The highest BCUT2D eigenvalue weighted by Gasteiger charge is 2.20. The first-order chi connectivity index (χ1) is 10.1. The van der Waals surface area contributed by atoms with Gasteiger partial charge in [0.2, 0.25) is 5.91 Å². The first-order valence-electron chi connectivity index (χ1n) is 7.27. The number of rotatable bonds is 6. The third-order valence-electron chi connectivity index (χ3n) is 3.92. The lowest BCUT2D eigenvalue weighted by atomic mass is 10.2. The molecule has 1 atom stereocenters. The monoisotopic (exact) mass is 292 g/mol. The molecule has 1 aliphatic rings. The fourth-order valence-corrected chi connectivity index (χ4v) is 2.57. The number of nitrogens with two attached hydrogens (primary N) is 2. The lowest BCUT2D eigenvalue weighted by molar-refractivity contribution is -0.119. The number of amides is 1. The van der Waals surface area contributed by atoms with E-state index in [4.69, 9.17) is 16.2 Å². The van der Waals surface area contributed by atoms with Gasteiger partial charge in [-0.1, -0.05) is 12.1 Å². The summed E-state index contributed by atoms with van der Waals surface area (Å²) < 4.78 is 5.41. The van der Waals surface area contributed by atoms with Crippen LogP contribution in [0.25, 0.3) is 0 Å². The molecule has 1 fully saturated rings. The molecule has 2 rings (SSSR count). The van der Waals surface area contributed by atoms with E-state index >= 15 is 0 Å². The van der Waals surface area contributed by atoms with E-state index in [0.717, 1.165) is 44.2 Å². The van der Waals surface area contributed by atoms with Crippen molar-refractivity contribution in [3.8, 4) is 5.75 Å². The molecule has 6 nitrogen and oxygen atoms in total. The molecule has 1 heterocycles. The first-order valence-corrected chi connectivity index (χ1v) is 7.27. The van der Waals surface area contributed by atoms with Crippen molar-refractivity contribution < 1.29 is 9.53 Å². The molecular formula is C15H24N4O2. The van der Waals surface area contributed by atoms with E-state index in [1.807, 2.05) is 18.2 Å². The van der Waals surface area contributed by atoms with Crippen LogP contribution in [0.15, 0.2) is 24.3 Å². The molecule has 0 bridgehead atoms. The van der Waals surface area contributed by atoms with Crippen molar-refractivity contribution in [3.05, 3.63) is 24.3 Å². The van der Waals surface area contributed by atoms with Gasteiger partial charge in [0.05, 0.1) is 18.8 Å². The van der Waals surface area contributed by atoms with Crippen molar-refractivity contribution in [1.82, 2.24) is 4.90 Å². The summed E-state index contributed by atoms with van der Waals surface area (Å²) >= 11 is 0. The van der Waals surface area contributed by atoms with Crippen LogP contribution in [0.4, 0.5) is 5.69 Å². The number of piperazine rings is 1. The first kappa shape index (κ1) is 15.6. The molecule has 1 aliphatic heterocycles. The number of carbonyl (C=O) groups is 1. The van der Waals surface area contributed by atoms with Crippen molar-refractivity contribution in [2.24, 2.45) is 11.5 Å². The van der Waals surface area contributed by atoms with E-state index in [0.29, 0.717) is 6.42 Å². The highest BCUT2D eigenvalue weighted by molar-refractivity contribution is 5.79. The molecule has 1 unspecified atom stereocenters. The Hall–Kier alpha value is -1.79. The summed E-state index contributed by atoms with van der Waals surface area (Å²) in [6.45, 7) is 4.58. The Morgan fingerprint density at radius 2 is 1.95 bits per heavy atom. The van der Waals surface area contributed by atoms with Gasteiger partial charge < -0.3 is 21.1 Å². The predicted octanol–water partition coefficient (Wildman–Crippen LogP) is 0.0199. The number of methoxy groups -OCH3 is 1. The van der Waals surface area contributed by atoms with E-state index in [-0.39, 0.29) is 0 Å². The minimum absolute atomic E-state index is 0.428. The second-order valence-corrected chi connectivity index (χ2v) is 5.30. The predicted molar refractivity (Wildman–Crippen MR) is 83.4 cm³/mol. The van der Waals surface area contributed by atoms with Gasteiger partial charge in [0, 0.05) is 32.7 Å². The Bertz CT molecular complexity index is 472. The highest BCUT2D eigenvalue weighted by atomic mass is 16.5. The molecule has 0 spiro atoms. The fourth-order valence-electron chi connectivity index (χ4n) is 2.57. The molecule has 0 radical (unpaired) electrons. The molecule has 1 saturated heterocycles. The van der Waals surface area contributed by atoms with Crippen LogP contribution in [0, 0.1) is 0 Å². The normalized spacial score (nSPS) is 17.5. The van der Waals surface area contributed by atoms with Gasteiger partial charge in [0.15, 0.2) is 0 Å². The van der Waals surface area contributed by atoms with Gasteiger partial charge in [-0.15, -0.1) is 0 Å². The smallest absolute Gasteiger partial charge is 0.234 e. The van der Waals surface area contributed by atoms with Gasteiger partial charge in [0.1, 0.15) is 5.75 Å². The molecular weight excluding hydrogens is 268 g/mol. The maximum absolute atomic E-state index is 10.9. The number of para-hydroxylation sites is 2. The third-order valence-corrected chi connectivity index (χ3v) is 3.92. The van der Waals surface area contributed by atoms with Gasteiger partial charge in [0.25, 0.3) is 0 Å². The van der Waals surface area contributed by atoms with Crippen LogP contribution in [0.3, 0.4) is 0 Å². The average molecular weight is 292 g/mol. The number of hydrogen-bond acceptors (Lipinski definition) is 5. The van der Waals surface area contributed by atoms with Gasteiger partial charge in [-0.3, -0.25) is 9.69 Å². The molecule has 0 aliphatic carbocycles. The largest absolute Gasteiger partial charge is 0.495 e. The molecule has 6 heteroatoms. The minimum atomic E-state index is -0.544. The van der Waals surface area contributed by atoms with E-state index in [2.05, 4.69) is 15.9 Å². The van der Waals surface area contributed by atoms with Crippen LogP contribution >= 0.6 is 0 Å². The minimum Gasteiger partial charge on any atom is -0.495 e. The van der Waals surface area contributed by atoms with Gasteiger partial charge in [-0.25, -0.2) is 0 Å². The quantitative estimate of drug-likeness (QED) is 0.772. The van der Waals surface area contributed by atoms with E-state index in [1.165, 1.54) is 0 Å². The molecule has 21 heavy (non-hydrogen) atoms. The van der Waals surface area contributed by atoms with Gasteiger partial charge in [-0.2, -0.15) is 0 Å². The van der Waals surface area contributed by atoms with Gasteiger partial charge in [-0.05, 0) is 18.6 Å². The third kappa shape index (κ3) is 4.09. The van der Waals surface area contributed by atoms with Crippen LogP contribution in [-0.2, 0) is 4.79 Å². The standard InChI is InChI=1S/C15H24N4O2/c1-21-14-5-3-2-4-13(14)19-10-8-18(9-11-19)7-6-12(16)15(17)20/h2-5,12H,6-11,16H2,1H3,(H2,17,20). The van der Waals surface area contributed by atoms with Crippen LogP contribution < -0.4 is 21.1 Å². The van der Waals surface area contributed by atoms with Gasteiger partial charge >= 0.3 is 0 Å². The zero-order valence-corrected chi connectivity index (χ0v) is 12.5. The summed E-state index contributed by atoms with van der Waals surface area (Å²) in [7, 11) is 1.69. The van der Waals surface area contributed by atoms with Crippen molar-refractivity contribution in [1.29, 1.82) is 0 Å². The lowest BCUT2D eigenvalue weighted by Gasteiger charge is -2.36. The Morgan fingerprint density at radius 3 is 2.57 bits per heavy atom. The number of nitrogens with zero attached hydrogens (tertiary/aromatic N) is 2. The zero-order chi connectivity index (χ0) is 15.2. The van der Waals surface area contributed by atoms with Crippen LogP contribution in [0.5, 0.6) is 5.75 Å². The molecule has 4 N–H and O–H groups in total. The second-order valence-electron chi connectivity index (χ2n) is 5.30. The SMILES string of the molecule is COc1ccccc1N1CCN(CCC(N)C(N)=O)CC1. The zero-order valence-electron chi connectivity index (χ0n) is 12.5. The van der Waals surface area contributed by atoms with Crippen LogP contribution in [0.1, 0.15) is 6.42 Å². The van der Waals surface area contributed by atoms with Crippen molar-refractivity contribution in [2.75, 3.05) is 44.7 Å². The van der Waals surface area contributed by atoms with Crippen molar-refractivity contribution in [3.63, 3.8) is 0 Å². The van der Waals surface area contributed by atoms with E-state index in [9.17, 15) is 4.79 Å². The number of carbonyl (C=O) groups excluding carboxylic acids is 1. The summed E-state index contributed by atoms with van der Waals surface area (Å²) in [5.41, 5.74) is 12.0. The topological polar surface area (TPSA) is 84.8 Å². The van der Waals surface area contributed by atoms with E-state index < -0.39 is 11.9 Å². The number of benzene rings is 1. The highest BCUT2D eigenvalue weighted by Crippen LogP contribution is 2.28. The molecule has 1 amide bonds. The fraction of sp³-hybridized carbons (Fsp3) is 0.533. The Balaban J connectivity index is 1.84. The van der Waals surface area contributed by atoms with Crippen molar-refractivity contribution in [2.45, 2.75) is 12.5 Å². The number of ether oxygens (including phenoxy) is 1. The second kappa shape index (κ2) is 7.28. The number of anilines is 1. The maximum atomic E-state index is 10.9. The number of hydrogen-bond donors (Lipinski definition) is 2.